The van der Waals surface area contributed by atoms with Crippen LogP contribution in [0.25, 0.3) is 11.4 Å². The third-order valence-electron chi connectivity index (χ3n) is 4.48. The van der Waals surface area contributed by atoms with Crippen LogP contribution < -0.4 is 15.9 Å². The third-order valence-corrected chi connectivity index (χ3v) is 5.42. The highest BCUT2D eigenvalue weighted by atomic mass is 32.2. The number of anilines is 1. The summed E-state index contributed by atoms with van der Waals surface area (Å²) in [6, 6.07) is 15.5. The van der Waals surface area contributed by atoms with Crippen LogP contribution >= 0.6 is 11.8 Å². The van der Waals surface area contributed by atoms with E-state index in [1.165, 1.54) is 34.8 Å². The number of aryl methyl sites for hydroxylation is 1. The summed E-state index contributed by atoms with van der Waals surface area (Å²) in [4.78, 5) is 12.3. The average molecular weight is 426 g/mol. The van der Waals surface area contributed by atoms with Crippen molar-refractivity contribution in [3.63, 3.8) is 0 Å². The van der Waals surface area contributed by atoms with Crippen LogP contribution in [0.3, 0.4) is 0 Å². The van der Waals surface area contributed by atoms with Gasteiger partial charge in [-0.3, -0.25) is 4.79 Å². The van der Waals surface area contributed by atoms with E-state index in [4.69, 9.17) is 10.6 Å². The second-order valence-corrected chi connectivity index (χ2v) is 7.71. The Labute approximate surface area is 181 Å². The van der Waals surface area contributed by atoms with Gasteiger partial charge in [0.05, 0.1) is 12.4 Å². The number of nitrogens with zero attached hydrogens (tertiary/aromatic N) is 3. The second kappa shape index (κ2) is 10.7. The zero-order valence-corrected chi connectivity index (χ0v) is 18.1. The highest BCUT2D eigenvalue weighted by molar-refractivity contribution is 7.99. The Morgan fingerprint density at radius 1 is 1.10 bits per heavy atom. The predicted molar refractivity (Wildman–Crippen MR) is 121 cm³/mol. The molecule has 0 atom stereocenters. The standard InChI is InChI=1S/C22H27N5O2S/c1-3-5-6-16-7-11-18(12-8-16)24-20(28)15-30-22-26-25-21(27(22)23)17-9-13-19(14-10-17)29-4-2/h7-14H,3-6,15,23H2,1-2H3,(H,24,28). The molecule has 158 valence electrons. The van der Waals surface area contributed by atoms with Gasteiger partial charge in [0.2, 0.25) is 11.1 Å². The number of thioether (sulfide) groups is 1. The topological polar surface area (TPSA) is 95.1 Å². The van der Waals surface area contributed by atoms with E-state index in [1.807, 2.05) is 43.3 Å². The number of carbonyl (C=O) groups excluding carboxylic acids is 1. The van der Waals surface area contributed by atoms with E-state index in [0.717, 1.165) is 23.4 Å². The van der Waals surface area contributed by atoms with Crippen LogP contribution in [0, 0.1) is 0 Å². The van der Waals surface area contributed by atoms with Crippen LogP contribution in [0.1, 0.15) is 32.3 Å². The van der Waals surface area contributed by atoms with E-state index in [9.17, 15) is 4.79 Å². The molecule has 3 N–H and O–H groups in total. The molecule has 30 heavy (non-hydrogen) atoms. The van der Waals surface area contributed by atoms with Crippen LogP contribution in [0.5, 0.6) is 5.75 Å². The molecule has 8 heteroatoms. The Kier molecular flexibility index (Phi) is 7.73. The van der Waals surface area contributed by atoms with Crippen LogP contribution in [-0.4, -0.2) is 33.1 Å². The number of amides is 1. The zero-order chi connectivity index (χ0) is 21.3. The number of nitrogens with two attached hydrogens (primary N) is 1. The molecule has 0 bridgehead atoms. The van der Waals surface area contributed by atoms with Crippen molar-refractivity contribution in [2.45, 2.75) is 38.3 Å². The van der Waals surface area contributed by atoms with Crippen molar-refractivity contribution < 1.29 is 9.53 Å². The minimum absolute atomic E-state index is 0.119. The molecule has 0 saturated heterocycles. The van der Waals surface area contributed by atoms with E-state index in [-0.39, 0.29) is 11.7 Å². The van der Waals surface area contributed by atoms with Gasteiger partial charge in [0, 0.05) is 11.3 Å². The Bertz CT molecular complexity index is 955. The minimum atomic E-state index is -0.119. The fraction of sp³-hybridized carbons (Fsp3) is 0.318. The number of hydrogen-bond donors (Lipinski definition) is 2. The van der Waals surface area contributed by atoms with Crippen LogP contribution in [0.15, 0.2) is 53.7 Å². The summed E-state index contributed by atoms with van der Waals surface area (Å²) in [6.07, 6.45) is 3.39. The molecule has 1 amide bonds. The number of hydrogen-bond acceptors (Lipinski definition) is 6. The maximum Gasteiger partial charge on any atom is 0.234 e. The van der Waals surface area contributed by atoms with Crippen molar-refractivity contribution in [2.24, 2.45) is 0 Å². The van der Waals surface area contributed by atoms with E-state index in [1.54, 1.807) is 0 Å². The van der Waals surface area contributed by atoms with Crippen molar-refractivity contribution in [2.75, 3.05) is 23.5 Å². The van der Waals surface area contributed by atoms with Crippen molar-refractivity contribution in [1.82, 2.24) is 14.9 Å². The van der Waals surface area contributed by atoms with E-state index in [2.05, 4.69) is 34.6 Å². The molecule has 1 aromatic heterocycles. The second-order valence-electron chi connectivity index (χ2n) is 6.77. The quantitative estimate of drug-likeness (QED) is 0.375. The zero-order valence-electron chi connectivity index (χ0n) is 17.3. The first-order valence-electron chi connectivity index (χ1n) is 10.1. The lowest BCUT2D eigenvalue weighted by atomic mass is 10.1. The summed E-state index contributed by atoms with van der Waals surface area (Å²) in [7, 11) is 0. The molecule has 0 aliphatic rings. The van der Waals surface area contributed by atoms with Gasteiger partial charge in [-0.1, -0.05) is 37.2 Å². The monoisotopic (exact) mass is 425 g/mol. The Balaban J connectivity index is 1.55. The Morgan fingerprint density at radius 3 is 2.50 bits per heavy atom. The first-order valence-corrected chi connectivity index (χ1v) is 11.0. The van der Waals surface area contributed by atoms with E-state index >= 15 is 0 Å². The smallest absolute Gasteiger partial charge is 0.234 e. The fourth-order valence-corrected chi connectivity index (χ4v) is 3.56. The maximum atomic E-state index is 12.3. The lowest BCUT2D eigenvalue weighted by molar-refractivity contribution is -0.113. The lowest BCUT2D eigenvalue weighted by Gasteiger charge is -2.07. The molecule has 0 radical (unpaired) electrons. The molecule has 2 aromatic carbocycles. The molecule has 0 aliphatic heterocycles. The van der Waals surface area contributed by atoms with Crippen LogP contribution in [-0.2, 0) is 11.2 Å². The van der Waals surface area contributed by atoms with Gasteiger partial charge in [-0.15, -0.1) is 10.2 Å². The summed E-state index contributed by atoms with van der Waals surface area (Å²) in [5, 5.41) is 11.6. The summed E-state index contributed by atoms with van der Waals surface area (Å²) in [5.74, 6) is 7.52. The van der Waals surface area contributed by atoms with Gasteiger partial charge in [0.1, 0.15) is 5.75 Å². The number of nitrogens with one attached hydrogen (secondary N) is 1. The molecule has 0 fully saturated rings. The van der Waals surface area contributed by atoms with Gasteiger partial charge in [-0.2, -0.15) is 0 Å². The fourth-order valence-electron chi connectivity index (χ4n) is 2.90. The van der Waals surface area contributed by atoms with Crippen molar-refractivity contribution in [3.05, 3.63) is 54.1 Å². The third kappa shape index (κ3) is 5.76. The first kappa shape index (κ1) is 21.7. The van der Waals surface area contributed by atoms with Crippen molar-refractivity contribution in [3.8, 4) is 17.1 Å². The van der Waals surface area contributed by atoms with E-state index in [0.29, 0.717) is 17.6 Å². The van der Waals surface area contributed by atoms with Gasteiger partial charge in [-0.25, -0.2) is 4.68 Å². The van der Waals surface area contributed by atoms with Gasteiger partial charge >= 0.3 is 0 Å². The molecule has 1 heterocycles. The molecule has 3 aromatic rings. The molecule has 3 rings (SSSR count). The molecule has 0 aliphatic carbocycles. The predicted octanol–water partition coefficient (Wildman–Crippen LogP) is 4.13. The summed E-state index contributed by atoms with van der Waals surface area (Å²) in [6.45, 7) is 4.72. The summed E-state index contributed by atoms with van der Waals surface area (Å²) < 4.78 is 6.85. The SMILES string of the molecule is CCCCc1ccc(NC(=O)CSc2nnc(-c3ccc(OCC)cc3)n2N)cc1. The number of carbonyl (C=O) groups is 1. The highest BCUT2D eigenvalue weighted by Gasteiger charge is 2.14. The summed E-state index contributed by atoms with van der Waals surface area (Å²) in [5.41, 5.74) is 2.89. The first-order chi connectivity index (χ1) is 14.6. The molecule has 0 unspecified atom stereocenters. The van der Waals surface area contributed by atoms with Gasteiger partial charge in [-0.05, 0) is 61.7 Å². The van der Waals surface area contributed by atoms with Crippen LogP contribution in [0.4, 0.5) is 5.69 Å². The molecular formula is C22H27N5O2S. The number of unbranched alkanes of at least 4 members (excludes halogenated alkanes) is 1. The van der Waals surface area contributed by atoms with E-state index < -0.39 is 0 Å². The highest BCUT2D eigenvalue weighted by Crippen LogP contribution is 2.24. The molecular weight excluding hydrogens is 398 g/mol. The molecule has 0 saturated carbocycles. The number of nitrogen functional groups attached to an aromatic ring is 1. The van der Waals surface area contributed by atoms with Crippen LogP contribution in [0.2, 0.25) is 0 Å². The largest absolute Gasteiger partial charge is 0.494 e. The maximum absolute atomic E-state index is 12.3. The van der Waals surface area contributed by atoms with Crippen molar-refractivity contribution in [1.29, 1.82) is 0 Å². The van der Waals surface area contributed by atoms with Gasteiger partial charge in [0.25, 0.3) is 0 Å². The number of benzene rings is 2. The van der Waals surface area contributed by atoms with Gasteiger partial charge in [0.15, 0.2) is 5.82 Å². The molecule has 7 nitrogen and oxygen atoms in total. The molecule has 0 spiro atoms. The minimum Gasteiger partial charge on any atom is -0.494 e. The van der Waals surface area contributed by atoms with Gasteiger partial charge < -0.3 is 15.9 Å². The average Bonchev–Trinajstić information content (AvgIpc) is 3.13. The summed E-state index contributed by atoms with van der Waals surface area (Å²) >= 11 is 1.24. The Hall–Kier alpha value is -3.00. The number of ether oxygens (including phenoxy) is 1. The number of rotatable bonds is 10. The number of aromatic nitrogens is 3. The lowest BCUT2D eigenvalue weighted by Crippen LogP contribution is -2.16. The van der Waals surface area contributed by atoms with Crippen molar-refractivity contribution >= 4 is 23.4 Å². The normalized spacial score (nSPS) is 10.7. The Morgan fingerprint density at radius 2 is 1.83 bits per heavy atom.